The van der Waals surface area contributed by atoms with E-state index in [0.29, 0.717) is 30.6 Å². The van der Waals surface area contributed by atoms with Gasteiger partial charge in [0.25, 0.3) is 0 Å². The second-order valence-electron chi connectivity index (χ2n) is 5.68. The molecule has 2 atom stereocenters. The zero-order valence-electron chi connectivity index (χ0n) is 11.8. The van der Waals surface area contributed by atoms with E-state index < -0.39 is 11.6 Å². The second kappa shape index (κ2) is 5.87. The Kier molecular flexibility index (Phi) is 4.40. The van der Waals surface area contributed by atoms with Crippen LogP contribution in [0.15, 0.2) is 12.1 Å². The molecule has 2 rings (SSSR count). The van der Waals surface area contributed by atoms with Gasteiger partial charge in [-0.15, -0.1) is 0 Å². The highest BCUT2D eigenvalue weighted by atomic mass is 19.1. The Morgan fingerprint density at radius 2 is 2.00 bits per heavy atom. The van der Waals surface area contributed by atoms with E-state index >= 15 is 0 Å². The standard InChI is InChI=1S/C15H22F2N2/c1-10-8-18-12(3)6-7-19(9-10)15-13(16)5-4-11(2)14(15)17/h4-5,10,12,18H,6-9H2,1-3H3. The molecule has 19 heavy (non-hydrogen) atoms. The maximum atomic E-state index is 14.2. The highest BCUT2D eigenvalue weighted by Gasteiger charge is 2.22. The Labute approximate surface area is 113 Å². The van der Waals surface area contributed by atoms with Gasteiger partial charge in [0, 0.05) is 19.1 Å². The summed E-state index contributed by atoms with van der Waals surface area (Å²) >= 11 is 0. The zero-order chi connectivity index (χ0) is 14.0. The number of hydrogen-bond acceptors (Lipinski definition) is 2. The van der Waals surface area contributed by atoms with E-state index in [-0.39, 0.29) is 5.69 Å². The van der Waals surface area contributed by atoms with Gasteiger partial charge in [-0.05, 0) is 44.4 Å². The Hall–Kier alpha value is -1.16. The Morgan fingerprint density at radius 1 is 1.26 bits per heavy atom. The predicted molar refractivity (Wildman–Crippen MR) is 74.6 cm³/mol. The SMILES string of the molecule is Cc1ccc(F)c(N2CCC(C)NCC(C)C2)c1F. The van der Waals surface area contributed by atoms with Crippen LogP contribution in [0.4, 0.5) is 14.5 Å². The Morgan fingerprint density at radius 3 is 2.74 bits per heavy atom. The van der Waals surface area contributed by atoms with Gasteiger partial charge < -0.3 is 10.2 Å². The van der Waals surface area contributed by atoms with Crippen LogP contribution in [0.2, 0.25) is 0 Å². The Balaban J connectivity index is 2.30. The van der Waals surface area contributed by atoms with Crippen molar-refractivity contribution >= 4 is 5.69 Å². The molecule has 1 aromatic carbocycles. The topological polar surface area (TPSA) is 15.3 Å². The zero-order valence-corrected chi connectivity index (χ0v) is 11.8. The third-order valence-corrected chi connectivity index (χ3v) is 3.76. The summed E-state index contributed by atoms with van der Waals surface area (Å²) in [6.45, 7) is 8.12. The molecule has 0 radical (unpaired) electrons. The third-order valence-electron chi connectivity index (χ3n) is 3.76. The second-order valence-corrected chi connectivity index (χ2v) is 5.68. The van der Waals surface area contributed by atoms with Crippen LogP contribution in [0.25, 0.3) is 0 Å². The molecule has 1 aromatic rings. The van der Waals surface area contributed by atoms with Crippen molar-refractivity contribution in [3.8, 4) is 0 Å². The number of aryl methyl sites for hydroxylation is 1. The molecule has 1 aliphatic heterocycles. The molecule has 0 amide bonds. The molecule has 0 bridgehead atoms. The first-order chi connectivity index (χ1) is 8.99. The van der Waals surface area contributed by atoms with E-state index in [1.54, 1.807) is 6.92 Å². The van der Waals surface area contributed by atoms with Gasteiger partial charge in [0.15, 0.2) is 5.82 Å². The van der Waals surface area contributed by atoms with Gasteiger partial charge >= 0.3 is 0 Å². The molecule has 1 fully saturated rings. The number of halogens is 2. The molecule has 4 heteroatoms. The molecule has 1 N–H and O–H groups in total. The molecule has 1 aliphatic rings. The first-order valence-corrected chi connectivity index (χ1v) is 6.92. The summed E-state index contributed by atoms with van der Waals surface area (Å²) in [5, 5.41) is 3.43. The molecular weight excluding hydrogens is 246 g/mol. The monoisotopic (exact) mass is 268 g/mol. The maximum Gasteiger partial charge on any atom is 0.152 e. The van der Waals surface area contributed by atoms with Gasteiger partial charge in [-0.25, -0.2) is 8.78 Å². The first-order valence-electron chi connectivity index (χ1n) is 6.92. The van der Waals surface area contributed by atoms with Crippen LogP contribution in [-0.4, -0.2) is 25.7 Å². The molecule has 0 aliphatic carbocycles. The number of nitrogens with zero attached hydrogens (tertiary/aromatic N) is 1. The summed E-state index contributed by atoms with van der Waals surface area (Å²) in [4.78, 5) is 1.86. The van der Waals surface area contributed by atoms with Crippen LogP contribution in [0.3, 0.4) is 0 Å². The van der Waals surface area contributed by atoms with Gasteiger partial charge in [-0.3, -0.25) is 0 Å². The molecular formula is C15H22F2N2. The molecule has 2 unspecified atom stereocenters. The van der Waals surface area contributed by atoms with Gasteiger partial charge in [0.05, 0.1) is 0 Å². The highest BCUT2D eigenvalue weighted by molar-refractivity contribution is 5.51. The van der Waals surface area contributed by atoms with Crippen LogP contribution in [-0.2, 0) is 0 Å². The summed E-state index contributed by atoms with van der Waals surface area (Å²) in [5.74, 6) is -0.521. The summed E-state index contributed by atoms with van der Waals surface area (Å²) in [7, 11) is 0. The molecule has 1 saturated heterocycles. The van der Waals surface area contributed by atoms with Gasteiger partial charge in [-0.2, -0.15) is 0 Å². The van der Waals surface area contributed by atoms with Crippen molar-refractivity contribution < 1.29 is 8.78 Å². The lowest BCUT2D eigenvalue weighted by atomic mass is 10.1. The minimum Gasteiger partial charge on any atom is -0.366 e. The van der Waals surface area contributed by atoms with Crippen molar-refractivity contribution in [3.05, 3.63) is 29.3 Å². The summed E-state index contributed by atoms with van der Waals surface area (Å²) in [6, 6.07) is 3.23. The minimum atomic E-state index is -0.462. The smallest absolute Gasteiger partial charge is 0.152 e. The normalized spacial score (nSPS) is 25.0. The van der Waals surface area contributed by atoms with Crippen molar-refractivity contribution in [2.45, 2.75) is 33.2 Å². The molecule has 0 spiro atoms. The lowest BCUT2D eigenvalue weighted by Gasteiger charge is -2.33. The molecule has 2 nitrogen and oxygen atoms in total. The highest BCUT2D eigenvalue weighted by Crippen LogP contribution is 2.27. The van der Waals surface area contributed by atoms with Crippen molar-refractivity contribution in [3.63, 3.8) is 0 Å². The van der Waals surface area contributed by atoms with Gasteiger partial charge in [0.1, 0.15) is 11.5 Å². The van der Waals surface area contributed by atoms with Crippen LogP contribution in [0, 0.1) is 24.5 Å². The lowest BCUT2D eigenvalue weighted by Crippen LogP contribution is -2.43. The van der Waals surface area contributed by atoms with Crippen LogP contribution < -0.4 is 10.2 Å². The Bertz CT molecular complexity index is 448. The average molecular weight is 268 g/mol. The molecule has 0 saturated carbocycles. The number of benzene rings is 1. The number of nitrogens with one attached hydrogen (secondary N) is 1. The van der Waals surface area contributed by atoms with E-state index in [9.17, 15) is 8.78 Å². The summed E-state index contributed by atoms with van der Waals surface area (Å²) in [6.07, 6.45) is 0.888. The summed E-state index contributed by atoms with van der Waals surface area (Å²) < 4.78 is 28.2. The van der Waals surface area contributed by atoms with Gasteiger partial charge in [-0.1, -0.05) is 13.0 Å². The van der Waals surface area contributed by atoms with E-state index in [4.69, 9.17) is 0 Å². The van der Waals surface area contributed by atoms with E-state index in [1.165, 1.54) is 12.1 Å². The molecule has 0 aromatic heterocycles. The molecule has 106 valence electrons. The third kappa shape index (κ3) is 3.24. The number of hydrogen-bond donors (Lipinski definition) is 1. The minimum absolute atomic E-state index is 0.140. The fourth-order valence-corrected chi connectivity index (χ4v) is 2.52. The average Bonchev–Trinajstić information content (AvgIpc) is 2.36. The first kappa shape index (κ1) is 14.3. The number of rotatable bonds is 1. The fraction of sp³-hybridized carbons (Fsp3) is 0.600. The van der Waals surface area contributed by atoms with Crippen molar-refractivity contribution in [2.24, 2.45) is 5.92 Å². The van der Waals surface area contributed by atoms with E-state index in [1.807, 2.05) is 4.90 Å². The van der Waals surface area contributed by atoms with Crippen LogP contribution in [0.5, 0.6) is 0 Å². The lowest BCUT2D eigenvalue weighted by molar-refractivity contribution is 0.405. The van der Waals surface area contributed by atoms with E-state index in [2.05, 4.69) is 19.2 Å². The van der Waals surface area contributed by atoms with Crippen LogP contribution >= 0.6 is 0 Å². The maximum absolute atomic E-state index is 14.2. The molecule has 1 heterocycles. The van der Waals surface area contributed by atoms with Crippen molar-refractivity contribution in [2.75, 3.05) is 24.5 Å². The van der Waals surface area contributed by atoms with Crippen molar-refractivity contribution in [1.82, 2.24) is 5.32 Å². The fourth-order valence-electron chi connectivity index (χ4n) is 2.52. The summed E-state index contributed by atoms with van der Waals surface area (Å²) in [5.41, 5.74) is 0.637. The van der Waals surface area contributed by atoms with E-state index in [0.717, 1.165) is 13.0 Å². The van der Waals surface area contributed by atoms with Crippen LogP contribution in [0.1, 0.15) is 25.8 Å². The number of anilines is 1. The largest absolute Gasteiger partial charge is 0.366 e. The van der Waals surface area contributed by atoms with Crippen molar-refractivity contribution in [1.29, 1.82) is 0 Å². The predicted octanol–water partition coefficient (Wildman–Crippen LogP) is 3.10. The quantitative estimate of drug-likeness (QED) is 0.842. The van der Waals surface area contributed by atoms with Gasteiger partial charge in [0.2, 0.25) is 0 Å².